The molecule has 6 heteroatoms. The minimum absolute atomic E-state index is 0.193. The molecule has 0 radical (unpaired) electrons. The fraction of sp³-hybridized carbons (Fsp3) is 0.143. The van der Waals surface area contributed by atoms with Gasteiger partial charge in [0.05, 0.1) is 10.7 Å². The molecule has 0 fully saturated rings. The van der Waals surface area contributed by atoms with Crippen molar-refractivity contribution in [2.75, 3.05) is 0 Å². The van der Waals surface area contributed by atoms with Gasteiger partial charge >= 0.3 is 0 Å². The van der Waals surface area contributed by atoms with E-state index in [0.717, 1.165) is 16.3 Å². The Morgan fingerprint density at radius 1 is 1.45 bits per heavy atom. The van der Waals surface area contributed by atoms with E-state index < -0.39 is 0 Å². The Bertz CT molecular complexity index is 652. The monoisotopic (exact) mass is 326 g/mol. The van der Waals surface area contributed by atoms with Crippen molar-refractivity contribution in [1.82, 2.24) is 10.3 Å². The van der Waals surface area contributed by atoms with Crippen molar-refractivity contribution in [3.8, 4) is 0 Å². The minimum atomic E-state index is -0.193. The summed E-state index contributed by atoms with van der Waals surface area (Å²) >= 11 is 13.4. The Hall–Kier alpha value is -1.36. The second kappa shape index (κ2) is 6.88. The molecule has 0 spiro atoms. The van der Waals surface area contributed by atoms with Gasteiger partial charge in [-0.25, -0.2) is 4.98 Å². The van der Waals surface area contributed by atoms with E-state index in [1.165, 1.54) is 6.08 Å². The summed E-state index contributed by atoms with van der Waals surface area (Å²) in [6, 6.07) is 5.18. The van der Waals surface area contributed by atoms with Crippen LogP contribution < -0.4 is 5.32 Å². The van der Waals surface area contributed by atoms with Crippen LogP contribution in [0.2, 0.25) is 10.0 Å². The van der Waals surface area contributed by atoms with Crippen LogP contribution in [0.1, 0.15) is 16.3 Å². The lowest BCUT2D eigenvalue weighted by Gasteiger charge is -2.05. The van der Waals surface area contributed by atoms with Crippen molar-refractivity contribution in [3.63, 3.8) is 0 Å². The third-order valence-electron chi connectivity index (χ3n) is 2.51. The lowest BCUT2D eigenvalue weighted by molar-refractivity contribution is -0.116. The van der Waals surface area contributed by atoms with E-state index in [4.69, 9.17) is 23.2 Å². The van der Waals surface area contributed by atoms with E-state index in [9.17, 15) is 4.79 Å². The molecule has 2 rings (SSSR count). The number of rotatable bonds is 4. The summed E-state index contributed by atoms with van der Waals surface area (Å²) in [5.74, 6) is -0.193. The van der Waals surface area contributed by atoms with Crippen molar-refractivity contribution >= 4 is 46.5 Å². The zero-order chi connectivity index (χ0) is 14.5. The number of carbonyl (C=O) groups is 1. The number of aromatic nitrogens is 1. The number of halogens is 2. The number of hydrogen-bond donors (Lipinski definition) is 1. The Labute approximate surface area is 131 Å². The molecule has 0 bridgehead atoms. The summed E-state index contributed by atoms with van der Waals surface area (Å²) in [7, 11) is 0. The van der Waals surface area contributed by atoms with Crippen LogP contribution in [-0.4, -0.2) is 10.9 Å². The van der Waals surface area contributed by atoms with Crippen LogP contribution in [-0.2, 0) is 11.3 Å². The quantitative estimate of drug-likeness (QED) is 0.860. The summed E-state index contributed by atoms with van der Waals surface area (Å²) in [5.41, 5.74) is 1.61. The van der Waals surface area contributed by atoms with E-state index in [1.807, 2.05) is 12.3 Å². The van der Waals surface area contributed by atoms with Crippen molar-refractivity contribution in [3.05, 3.63) is 56.0 Å². The van der Waals surface area contributed by atoms with Crippen LogP contribution in [0.5, 0.6) is 0 Å². The van der Waals surface area contributed by atoms with Crippen LogP contribution in [0.15, 0.2) is 29.7 Å². The van der Waals surface area contributed by atoms with Crippen molar-refractivity contribution < 1.29 is 4.79 Å². The predicted octanol–water partition coefficient (Wildman–Crippen LogP) is 4.09. The number of nitrogens with zero attached hydrogens (tertiary/aromatic N) is 1. The second-order valence-electron chi connectivity index (χ2n) is 4.08. The SMILES string of the molecule is Cc1nc(/C=C/C(=O)NCc2ccc(Cl)cc2Cl)cs1. The average Bonchev–Trinajstić information content (AvgIpc) is 2.81. The smallest absolute Gasteiger partial charge is 0.244 e. The fourth-order valence-corrected chi connectivity index (χ4v) is 2.58. The van der Waals surface area contributed by atoms with Gasteiger partial charge < -0.3 is 5.32 Å². The normalized spacial score (nSPS) is 10.9. The molecule has 104 valence electrons. The van der Waals surface area contributed by atoms with Gasteiger partial charge in [-0.1, -0.05) is 29.3 Å². The molecule has 0 aliphatic heterocycles. The molecule has 0 atom stereocenters. The number of thiazole rings is 1. The van der Waals surface area contributed by atoms with Crippen molar-refractivity contribution in [1.29, 1.82) is 0 Å². The van der Waals surface area contributed by atoms with Gasteiger partial charge in [-0.2, -0.15) is 0 Å². The van der Waals surface area contributed by atoms with Gasteiger partial charge in [0.2, 0.25) is 5.91 Å². The lowest BCUT2D eigenvalue weighted by atomic mass is 10.2. The van der Waals surface area contributed by atoms with Gasteiger partial charge in [-0.15, -0.1) is 11.3 Å². The minimum Gasteiger partial charge on any atom is -0.348 e. The highest BCUT2D eigenvalue weighted by Gasteiger charge is 2.03. The van der Waals surface area contributed by atoms with Crippen LogP contribution in [0.3, 0.4) is 0 Å². The Balaban J connectivity index is 1.90. The average molecular weight is 327 g/mol. The first-order chi connectivity index (χ1) is 9.54. The van der Waals surface area contributed by atoms with E-state index in [1.54, 1.807) is 35.6 Å². The molecule has 1 N–H and O–H groups in total. The Kier molecular flexibility index (Phi) is 5.17. The first kappa shape index (κ1) is 15.0. The third-order valence-corrected chi connectivity index (χ3v) is 3.89. The second-order valence-corrected chi connectivity index (χ2v) is 5.98. The van der Waals surface area contributed by atoms with Crippen molar-refractivity contribution in [2.45, 2.75) is 13.5 Å². The summed E-state index contributed by atoms with van der Waals surface area (Å²) in [4.78, 5) is 15.9. The fourth-order valence-electron chi connectivity index (χ4n) is 1.52. The molecule has 0 aliphatic carbocycles. The van der Waals surface area contributed by atoms with Crippen LogP contribution >= 0.6 is 34.5 Å². The molecule has 0 saturated heterocycles. The molecular weight excluding hydrogens is 315 g/mol. The molecule has 1 heterocycles. The molecule has 0 unspecified atom stereocenters. The van der Waals surface area contributed by atoms with E-state index in [-0.39, 0.29) is 5.91 Å². The van der Waals surface area contributed by atoms with Crippen LogP contribution in [0.25, 0.3) is 6.08 Å². The van der Waals surface area contributed by atoms with Crippen LogP contribution in [0, 0.1) is 6.92 Å². The molecule has 20 heavy (non-hydrogen) atoms. The first-order valence-corrected chi connectivity index (χ1v) is 7.50. The molecule has 0 aliphatic rings. The molecule has 1 aromatic carbocycles. The summed E-state index contributed by atoms with van der Waals surface area (Å²) < 4.78 is 0. The molecule has 1 amide bonds. The number of aryl methyl sites for hydroxylation is 1. The van der Waals surface area contributed by atoms with E-state index >= 15 is 0 Å². The number of amides is 1. The number of nitrogens with one attached hydrogen (secondary N) is 1. The zero-order valence-electron chi connectivity index (χ0n) is 10.7. The van der Waals surface area contributed by atoms with Gasteiger partial charge in [0, 0.05) is 28.0 Å². The highest BCUT2D eigenvalue weighted by Crippen LogP contribution is 2.20. The van der Waals surface area contributed by atoms with Gasteiger partial charge in [-0.05, 0) is 30.7 Å². The van der Waals surface area contributed by atoms with E-state index in [2.05, 4.69) is 10.3 Å². The number of carbonyl (C=O) groups excluding carboxylic acids is 1. The maximum atomic E-state index is 11.7. The van der Waals surface area contributed by atoms with Gasteiger partial charge in [-0.3, -0.25) is 4.79 Å². The Morgan fingerprint density at radius 3 is 2.90 bits per heavy atom. The van der Waals surface area contributed by atoms with Crippen LogP contribution in [0.4, 0.5) is 0 Å². The highest BCUT2D eigenvalue weighted by molar-refractivity contribution is 7.09. The zero-order valence-corrected chi connectivity index (χ0v) is 13.0. The lowest BCUT2D eigenvalue weighted by Crippen LogP contribution is -2.20. The van der Waals surface area contributed by atoms with Gasteiger partial charge in [0.15, 0.2) is 0 Å². The molecule has 0 saturated carbocycles. The standard InChI is InChI=1S/C14H12Cl2N2OS/c1-9-18-12(8-20-9)4-5-14(19)17-7-10-2-3-11(15)6-13(10)16/h2-6,8H,7H2,1H3,(H,17,19)/b5-4+. The third kappa shape index (κ3) is 4.34. The largest absolute Gasteiger partial charge is 0.348 e. The summed E-state index contributed by atoms with van der Waals surface area (Å²) in [5, 5.41) is 6.74. The number of hydrogen-bond acceptors (Lipinski definition) is 3. The maximum absolute atomic E-state index is 11.7. The molecule has 1 aromatic heterocycles. The summed E-state index contributed by atoms with van der Waals surface area (Å²) in [6.07, 6.45) is 3.14. The summed E-state index contributed by atoms with van der Waals surface area (Å²) in [6.45, 7) is 2.28. The molecular formula is C14H12Cl2N2OS. The highest BCUT2D eigenvalue weighted by atomic mass is 35.5. The van der Waals surface area contributed by atoms with Gasteiger partial charge in [0.1, 0.15) is 0 Å². The van der Waals surface area contributed by atoms with E-state index in [0.29, 0.717) is 16.6 Å². The topological polar surface area (TPSA) is 42.0 Å². The predicted molar refractivity (Wildman–Crippen MR) is 84.2 cm³/mol. The molecule has 3 nitrogen and oxygen atoms in total. The van der Waals surface area contributed by atoms with Gasteiger partial charge in [0.25, 0.3) is 0 Å². The Morgan fingerprint density at radius 2 is 2.25 bits per heavy atom. The molecule has 2 aromatic rings. The first-order valence-electron chi connectivity index (χ1n) is 5.86. The number of benzene rings is 1. The maximum Gasteiger partial charge on any atom is 0.244 e. The van der Waals surface area contributed by atoms with Crippen molar-refractivity contribution in [2.24, 2.45) is 0 Å².